The minimum absolute atomic E-state index is 0.0554. The topological polar surface area (TPSA) is 134 Å². The van der Waals surface area contributed by atoms with Crippen molar-refractivity contribution in [1.29, 1.82) is 0 Å². The Morgan fingerprint density at radius 1 is 0.978 bits per heavy atom. The van der Waals surface area contributed by atoms with Crippen molar-refractivity contribution in [1.82, 2.24) is 19.8 Å². The maximum absolute atomic E-state index is 13.0. The third-order valence-electron chi connectivity index (χ3n) is 8.20. The number of hydrogen-bond acceptors (Lipinski definition) is 8. The van der Waals surface area contributed by atoms with Gasteiger partial charge in [-0.1, -0.05) is 12.1 Å². The Morgan fingerprint density at radius 3 is 2.31 bits per heavy atom. The normalized spacial score (nSPS) is 13.5. The highest BCUT2D eigenvalue weighted by Crippen LogP contribution is 2.31. The molecule has 0 saturated carbocycles. The van der Waals surface area contributed by atoms with E-state index < -0.39 is 0 Å². The van der Waals surface area contributed by atoms with Crippen LogP contribution in [0.3, 0.4) is 0 Å². The molecule has 4 aromatic rings. The fourth-order valence-corrected chi connectivity index (χ4v) is 5.48. The molecule has 5 rings (SSSR count). The molecule has 234 valence electrons. The van der Waals surface area contributed by atoms with Crippen LogP contribution in [-0.2, 0) is 6.61 Å². The molecule has 1 aliphatic rings. The second kappa shape index (κ2) is 13.7. The molecule has 0 radical (unpaired) electrons. The summed E-state index contributed by atoms with van der Waals surface area (Å²) < 4.78 is 0. The van der Waals surface area contributed by atoms with Gasteiger partial charge in [0.2, 0.25) is 0 Å². The SMILES string of the molecule is CN(C)c1ccc(C(=O)Nc2cccc(-c3c[nH]c(=O)c(Nc4ccc(C(=O)N5CCC(N(C)C)CC5)cn4)c3)c2CO)cc1. The molecule has 2 amide bonds. The quantitative estimate of drug-likeness (QED) is 0.222. The molecule has 2 aromatic heterocycles. The Kier molecular flexibility index (Phi) is 9.60. The minimum atomic E-state index is -0.361. The smallest absolute Gasteiger partial charge is 0.271 e. The van der Waals surface area contributed by atoms with Gasteiger partial charge in [-0.15, -0.1) is 0 Å². The lowest BCUT2D eigenvalue weighted by molar-refractivity contribution is 0.0663. The number of aliphatic hydroxyl groups excluding tert-OH is 1. The van der Waals surface area contributed by atoms with Crippen molar-refractivity contribution >= 4 is 34.7 Å². The number of nitrogens with one attached hydrogen (secondary N) is 3. The van der Waals surface area contributed by atoms with Gasteiger partial charge in [-0.2, -0.15) is 0 Å². The summed E-state index contributed by atoms with van der Waals surface area (Å²) in [6, 6.07) is 18.1. The summed E-state index contributed by atoms with van der Waals surface area (Å²) >= 11 is 0. The van der Waals surface area contributed by atoms with E-state index in [4.69, 9.17) is 0 Å². The molecule has 0 aliphatic carbocycles. The van der Waals surface area contributed by atoms with E-state index in [2.05, 4.69) is 39.6 Å². The average molecular weight is 610 g/mol. The van der Waals surface area contributed by atoms with Crippen LogP contribution < -0.4 is 21.1 Å². The zero-order valence-electron chi connectivity index (χ0n) is 26.0. The van der Waals surface area contributed by atoms with Crippen molar-refractivity contribution in [3.05, 3.63) is 100 Å². The van der Waals surface area contributed by atoms with Gasteiger partial charge in [-0.25, -0.2) is 4.98 Å². The molecular weight excluding hydrogens is 570 g/mol. The van der Waals surface area contributed by atoms with Crippen LogP contribution in [0.5, 0.6) is 0 Å². The molecule has 4 N–H and O–H groups in total. The summed E-state index contributed by atoms with van der Waals surface area (Å²) in [7, 11) is 7.98. The maximum Gasteiger partial charge on any atom is 0.271 e. The number of piperidine rings is 1. The molecule has 1 fully saturated rings. The summed E-state index contributed by atoms with van der Waals surface area (Å²) in [5.41, 5.74) is 4.07. The molecule has 11 heteroatoms. The first-order chi connectivity index (χ1) is 21.6. The second-order valence-corrected chi connectivity index (χ2v) is 11.6. The van der Waals surface area contributed by atoms with E-state index >= 15 is 0 Å². The predicted octanol–water partition coefficient (Wildman–Crippen LogP) is 4.16. The Morgan fingerprint density at radius 2 is 1.69 bits per heavy atom. The Hall–Kier alpha value is -5.00. The van der Waals surface area contributed by atoms with E-state index in [1.165, 1.54) is 6.20 Å². The van der Waals surface area contributed by atoms with Crippen LogP contribution in [0.15, 0.2) is 77.9 Å². The maximum atomic E-state index is 13.0. The molecule has 0 bridgehead atoms. The summed E-state index contributed by atoms with van der Waals surface area (Å²) in [5.74, 6) is 0.0476. The van der Waals surface area contributed by atoms with Gasteiger partial charge in [0.1, 0.15) is 11.5 Å². The number of benzene rings is 2. The molecule has 0 atom stereocenters. The number of carbonyl (C=O) groups excluding carboxylic acids is 2. The average Bonchev–Trinajstić information content (AvgIpc) is 3.05. The Balaban J connectivity index is 1.31. The number of aromatic nitrogens is 2. The number of rotatable bonds is 9. The van der Waals surface area contributed by atoms with Crippen LogP contribution in [0.1, 0.15) is 39.1 Å². The molecule has 1 saturated heterocycles. The number of aromatic amines is 1. The Bertz CT molecular complexity index is 1710. The van der Waals surface area contributed by atoms with Crippen molar-refractivity contribution in [2.75, 3.05) is 56.8 Å². The van der Waals surface area contributed by atoms with Crippen molar-refractivity contribution in [3.8, 4) is 11.1 Å². The lowest BCUT2D eigenvalue weighted by Gasteiger charge is -2.35. The number of H-pyrrole nitrogens is 1. The molecule has 3 heterocycles. The molecule has 45 heavy (non-hydrogen) atoms. The van der Waals surface area contributed by atoms with Gasteiger partial charge in [0.25, 0.3) is 17.4 Å². The van der Waals surface area contributed by atoms with Gasteiger partial charge >= 0.3 is 0 Å². The van der Waals surface area contributed by atoms with Gasteiger partial charge in [0.15, 0.2) is 0 Å². The fourth-order valence-electron chi connectivity index (χ4n) is 5.48. The number of hydrogen-bond donors (Lipinski definition) is 4. The van der Waals surface area contributed by atoms with Gasteiger partial charge < -0.3 is 35.4 Å². The van der Waals surface area contributed by atoms with Crippen LogP contribution in [0.25, 0.3) is 11.1 Å². The van der Waals surface area contributed by atoms with E-state index in [1.54, 1.807) is 48.7 Å². The van der Waals surface area contributed by atoms with Gasteiger partial charge in [0.05, 0.1) is 12.2 Å². The van der Waals surface area contributed by atoms with Gasteiger partial charge in [-0.05, 0) is 81.0 Å². The van der Waals surface area contributed by atoms with E-state index in [-0.39, 0.29) is 29.7 Å². The molecule has 1 aliphatic heterocycles. The first-order valence-electron chi connectivity index (χ1n) is 14.9. The standard InChI is InChI=1S/C34H39N7O4/c1-39(2)25-11-8-22(9-12-25)32(43)38-29-7-5-6-27(28(29)21-42)24-18-30(33(44)36-20-24)37-31-13-10-23(19-35-31)34(45)41-16-14-26(15-17-41)40(3)4/h5-13,18-20,26,42H,14-17,21H2,1-4H3,(H,35,37)(H,36,44)(H,38,43). The largest absolute Gasteiger partial charge is 0.392 e. The number of nitrogens with zero attached hydrogens (tertiary/aromatic N) is 4. The van der Waals surface area contributed by atoms with Crippen molar-refractivity contribution in [2.24, 2.45) is 0 Å². The van der Waals surface area contributed by atoms with E-state index in [9.17, 15) is 19.5 Å². The number of aliphatic hydroxyl groups is 1. The van der Waals surface area contributed by atoms with Gasteiger partial charge in [-0.3, -0.25) is 14.4 Å². The first-order valence-corrected chi connectivity index (χ1v) is 14.9. The van der Waals surface area contributed by atoms with Gasteiger partial charge in [0, 0.05) is 73.7 Å². The zero-order chi connectivity index (χ0) is 32.1. The Labute approximate surface area is 262 Å². The van der Waals surface area contributed by atoms with Crippen molar-refractivity contribution in [2.45, 2.75) is 25.5 Å². The third kappa shape index (κ3) is 7.22. The highest BCUT2D eigenvalue weighted by molar-refractivity contribution is 6.05. The summed E-state index contributed by atoms with van der Waals surface area (Å²) in [6.45, 7) is 1.07. The van der Waals surface area contributed by atoms with Crippen molar-refractivity contribution in [3.63, 3.8) is 0 Å². The van der Waals surface area contributed by atoms with Crippen LogP contribution in [0.4, 0.5) is 22.9 Å². The number of pyridine rings is 2. The molecule has 11 nitrogen and oxygen atoms in total. The van der Waals surface area contributed by atoms with E-state index in [0.717, 1.165) is 18.5 Å². The fraction of sp³-hybridized carbons (Fsp3) is 0.294. The summed E-state index contributed by atoms with van der Waals surface area (Å²) in [5, 5.41) is 16.3. The van der Waals surface area contributed by atoms with Crippen LogP contribution in [0.2, 0.25) is 0 Å². The molecule has 0 unspecified atom stereocenters. The second-order valence-electron chi connectivity index (χ2n) is 11.6. The van der Waals surface area contributed by atoms with Crippen LogP contribution >= 0.6 is 0 Å². The predicted molar refractivity (Wildman–Crippen MR) is 177 cm³/mol. The number of anilines is 4. The lowest BCUT2D eigenvalue weighted by atomic mass is 9.99. The third-order valence-corrected chi connectivity index (χ3v) is 8.20. The minimum Gasteiger partial charge on any atom is -0.392 e. The molecule has 2 aromatic carbocycles. The summed E-state index contributed by atoms with van der Waals surface area (Å²) in [4.78, 5) is 51.9. The summed E-state index contributed by atoms with van der Waals surface area (Å²) in [6.07, 6.45) is 4.94. The number of amides is 2. The monoisotopic (exact) mass is 609 g/mol. The highest BCUT2D eigenvalue weighted by Gasteiger charge is 2.25. The number of carbonyl (C=O) groups is 2. The molecular formula is C34H39N7O4. The van der Waals surface area contributed by atoms with Crippen LogP contribution in [-0.4, -0.2) is 84.0 Å². The first kappa shape index (κ1) is 31.4. The van der Waals surface area contributed by atoms with Crippen LogP contribution in [0, 0.1) is 0 Å². The number of likely N-dealkylation sites (tertiary alicyclic amines) is 1. The zero-order valence-corrected chi connectivity index (χ0v) is 26.0. The van der Waals surface area contributed by atoms with E-state index in [1.807, 2.05) is 42.1 Å². The van der Waals surface area contributed by atoms with Crippen molar-refractivity contribution < 1.29 is 14.7 Å². The molecule has 0 spiro atoms. The van der Waals surface area contributed by atoms with E-state index in [0.29, 0.717) is 58.5 Å². The highest BCUT2D eigenvalue weighted by atomic mass is 16.3. The lowest BCUT2D eigenvalue weighted by Crippen LogP contribution is -2.44.